The summed E-state index contributed by atoms with van der Waals surface area (Å²) in [7, 11) is 6.91. The second-order valence-electron chi connectivity index (χ2n) is 11.6. The number of carbonyl (C=O) groups excluding carboxylic acids is 1. The first-order valence-corrected chi connectivity index (χ1v) is 14.7. The van der Waals surface area contributed by atoms with E-state index in [1.807, 2.05) is 4.90 Å². The maximum atomic E-state index is 13.9. The summed E-state index contributed by atoms with van der Waals surface area (Å²) < 4.78 is 16.5. The van der Waals surface area contributed by atoms with Gasteiger partial charge in [0.2, 0.25) is 5.75 Å². The van der Waals surface area contributed by atoms with E-state index in [1.54, 1.807) is 33.5 Å². The fraction of sp³-hybridized carbons (Fsp3) is 0.400. The Kier molecular flexibility index (Phi) is 8.78. The zero-order valence-corrected chi connectivity index (χ0v) is 25.8. The van der Waals surface area contributed by atoms with E-state index in [0.29, 0.717) is 35.9 Å². The van der Waals surface area contributed by atoms with Crippen LogP contribution in [0.5, 0.6) is 17.2 Å². The molecule has 0 radical (unpaired) electrons. The Balaban J connectivity index is 1.34. The molecule has 1 aromatic heterocycles. The number of aromatic nitrogens is 1. The molecule has 7 heteroatoms. The van der Waals surface area contributed by atoms with Crippen molar-refractivity contribution in [3.63, 3.8) is 0 Å². The Bertz CT molecular complexity index is 1540. The van der Waals surface area contributed by atoms with Gasteiger partial charge in [0.05, 0.1) is 21.3 Å². The van der Waals surface area contributed by atoms with E-state index in [4.69, 9.17) is 14.2 Å². The number of H-pyrrole nitrogens is 1. The lowest BCUT2D eigenvalue weighted by atomic mass is 9.76. The van der Waals surface area contributed by atoms with Crippen molar-refractivity contribution >= 4 is 16.8 Å². The Morgan fingerprint density at radius 1 is 0.952 bits per heavy atom. The normalized spacial score (nSPS) is 16.8. The Morgan fingerprint density at radius 2 is 1.69 bits per heavy atom. The molecule has 3 aromatic carbocycles. The maximum Gasteiger partial charge on any atom is 0.254 e. The molecule has 5 rings (SSSR count). The number of likely N-dealkylation sites (tertiary alicyclic amines) is 1. The van der Waals surface area contributed by atoms with Gasteiger partial charge in [-0.1, -0.05) is 36.4 Å². The predicted molar refractivity (Wildman–Crippen MR) is 168 cm³/mol. The van der Waals surface area contributed by atoms with Crippen LogP contribution in [0.25, 0.3) is 10.9 Å². The summed E-state index contributed by atoms with van der Waals surface area (Å²) in [5, 5.41) is 1.30. The lowest BCUT2D eigenvalue weighted by Crippen LogP contribution is -2.37. The van der Waals surface area contributed by atoms with E-state index in [-0.39, 0.29) is 11.3 Å². The van der Waals surface area contributed by atoms with Crippen LogP contribution < -0.4 is 14.2 Å². The third-order valence-electron chi connectivity index (χ3n) is 9.08. The highest BCUT2D eigenvalue weighted by Gasteiger charge is 2.41. The second kappa shape index (κ2) is 12.5. The predicted octanol–water partition coefficient (Wildman–Crippen LogP) is 6.16. The van der Waals surface area contributed by atoms with Gasteiger partial charge in [0.25, 0.3) is 5.91 Å². The van der Waals surface area contributed by atoms with Crippen LogP contribution in [0.1, 0.15) is 45.5 Å². The van der Waals surface area contributed by atoms with Crippen molar-refractivity contribution in [1.29, 1.82) is 0 Å². The maximum absolute atomic E-state index is 13.9. The standard InChI is InChI=1S/C35H43N3O4/c1-24-11-12-28(19-25(24)2)35(14-17-37(3)16-13-26-22-36-30-10-8-7-9-29(26)30)15-18-38(23-35)34(39)27-20-31(40-4)33(42-6)32(21-27)41-5/h7-12,19-22,36H,13-18,23H2,1-6H3. The smallest absolute Gasteiger partial charge is 0.254 e. The molecule has 42 heavy (non-hydrogen) atoms. The number of carbonyl (C=O) groups is 1. The molecule has 2 heterocycles. The minimum Gasteiger partial charge on any atom is -0.493 e. The van der Waals surface area contributed by atoms with Gasteiger partial charge in [0.15, 0.2) is 11.5 Å². The van der Waals surface area contributed by atoms with Gasteiger partial charge in [-0.3, -0.25) is 4.79 Å². The molecule has 0 bridgehead atoms. The molecule has 1 amide bonds. The van der Waals surface area contributed by atoms with Gasteiger partial charge in [0, 0.05) is 47.7 Å². The topological polar surface area (TPSA) is 67.0 Å². The minimum absolute atomic E-state index is 0.0207. The van der Waals surface area contributed by atoms with Crippen LogP contribution in [-0.2, 0) is 11.8 Å². The monoisotopic (exact) mass is 569 g/mol. The Hall–Kier alpha value is -3.97. The zero-order chi connectivity index (χ0) is 29.9. The molecule has 4 aromatic rings. The number of para-hydroxylation sites is 1. The number of hydrogen-bond donors (Lipinski definition) is 1. The number of nitrogens with zero attached hydrogens (tertiary/aromatic N) is 2. The van der Waals surface area contributed by atoms with Crippen LogP contribution in [0.4, 0.5) is 0 Å². The summed E-state index contributed by atoms with van der Waals surface area (Å²) in [6.07, 6.45) is 5.02. The number of likely N-dealkylation sites (N-methyl/N-ethyl adjacent to an activating group) is 1. The molecule has 0 saturated carbocycles. The van der Waals surface area contributed by atoms with E-state index in [9.17, 15) is 4.79 Å². The van der Waals surface area contributed by atoms with Crippen molar-refractivity contribution in [2.24, 2.45) is 0 Å². The molecule has 0 spiro atoms. The number of hydrogen-bond acceptors (Lipinski definition) is 5. The lowest BCUT2D eigenvalue weighted by molar-refractivity contribution is 0.0780. The minimum atomic E-state index is -0.121. The first-order valence-electron chi connectivity index (χ1n) is 14.7. The van der Waals surface area contributed by atoms with E-state index in [1.165, 1.54) is 33.2 Å². The van der Waals surface area contributed by atoms with Gasteiger partial charge in [-0.2, -0.15) is 0 Å². The first kappa shape index (κ1) is 29.5. The highest BCUT2D eigenvalue weighted by Crippen LogP contribution is 2.42. The summed E-state index contributed by atoms with van der Waals surface area (Å²) in [5.74, 6) is 1.43. The molecular formula is C35H43N3O4. The number of aromatic amines is 1. The quantitative estimate of drug-likeness (QED) is 0.234. The molecule has 1 N–H and O–H groups in total. The fourth-order valence-electron chi connectivity index (χ4n) is 6.25. The van der Waals surface area contributed by atoms with Gasteiger partial charge < -0.3 is 29.0 Å². The molecular weight excluding hydrogens is 526 g/mol. The highest BCUT2D eigenvalue weighted by molar-refractivity contribution is 5.96. The number of amides is 1. The van der Waals surface area contributed by atoms with E-state index < -0.39 is 0 Å². The van der Waals surface area contributed by atoms with Crippen LogP contribution in [0, 0.1) is 13.8 Å². The number of rotatable bonds is 11. The first-order chi connectivity index (χ1) is 20.3. The fourth-order valence-corrected chi connectivity index (χ4v) is 6.25. The van der Waals surface area contributed by atoms with Crippen molar-refractivity contribution in [3.05, 3.63) is 88.6 Å². The summed E-state index contributed by atoms with van der Waals surface area (Å²) in [6.45, 7) is 7.61. The van der Waals surface area contributed by atoms with Crippen LogP contribution in [0.3, 0.4) is 0 Å². The molecule has 1 saturated heterocycles. The van der Waals surface area contributed by atoms with E-state index >= 15 is 0 Å². The SMILES string of the molecule is COc1cc(C(=O)N2CCC(CCN(C)CCc3c[nH]c4ccccc34)(c3ccc(C)c(C)c3)C2)cc(OC)c1OC. The summed E-state index contributed by atoms with van der Waals surface area (Å²) in [4.78, 5) is 21.7. The van der Waals surface area contributed by atoms with Crippen molar-refractivity contribution in [2.45, 2.75) is 38.5 Å². The molecule has 1 aliphatic rings. The van der Waals surface area contributed by atoms with Crippen LogP contribution in [0.15, 0.2) is 60.8 Å². The van der Waals surface area contributed by atoms with Gasteiger partial charge in [-0.25, -0.2) is 0 Å². The van der Waals surface area contributed by atoms with Crippen LogP contribution in [0.2, 0.25) is 0 Å². The number of methoxy groups -OCH3 is 3. The van der Waals surface area contributed by atoms with Gasteiger partial charge in [0.1, 0.15) is 0 Å². The van der Waals surface area contributed by atoms with Gasteiger partial charge >= 0.3 is 0 Å². The zero-order valence-electron chi connectivity index (χ0n) is 25.8. The average molecular weight is 570 g/mol. The number of aryl methyl sites for hydroxylation is 2. The Morgan fingerprint density at radius 3 is 2.38 bits per heavy atom. The number of benzene rings is 3. The van der Waals surface area contributed by atoms with Gasteiger partial charge in [-0.15, -0.1) is 0 Å². The highest BCUT2D eigenvalue weighted by atomic mass is 16.5. The molecule has 7 nitrogen and oxygen atoms in total. The Labute approximate surface area is 249 Å². The molecule has 1 unspecified atom stereocenters. The average Bonchev–Trinajstić information content (AvgIpc) is 3.64. The third-order valence-corrected chi connectivity index (χ3v) is 9.08. The van der Waals surface area contributed by atoms with Crippen molar-refractivity contribution in [2.75, 3.05) is 54.6 Å². The largest absolute Gasteiger partial charge is 0.493 e. The molecule has 222 valence electrons. The van der Waals surface area contributed by atoms with E-state index in [0.717, 1.165) is 32.4 Å². The molecule has 0 aliphatic carbocycles. The molecule has 1 aliphatic heterocycles. The summed E-state index contributed by atoms with van der Waals surface area (Å²) in [5.41, 5.74) is 6.84. The van der Waals surface area contributed by atoms with Crippen molar-refractivity contribution in [3.8, 4) is 17.2 Å². The van der Waals surface area contributed by atoms with E-state index in [2.05, 4.69) is 79.4 Å². The number of nitrogens with one attached hydrogen (secondary N) is 1. The number of ether oxygens (including phenoxy) is 3. The van der Waals surface area contributed by atoms with Crippen molar-refractivity contribution < 1.29 is 19.0 Å². The summed E-state index contributed by atoms with van der Waals surface area (Å²) in [6, 6.07) is 18.8. The third kappa shape index (κ3) is 5.84. The van der Waals surface area contributed by atoms with Crippen LogP contribution >= 0.6 is 0 Å². The lowest BCUT2D eigenvalue weighted by Gasteiger charge is -2.32. The number of fused-ring (bicyclic) bond motifs is 1. The molecule has 1 fully saturated rings. The molecule has 1 atom stereocenters. The van der Waals surface area contributed by atoms with Gasteiger partial charge in [-0.05, 0) is 87.2 Å². The summed E-state index contributed by atoms with van der Waals surface area (Å²) >= 11 is 0. The van der Waals surface area contributed by atoms with Crippen LogP contribution in [-0.4, -0.2) is 75.2 Å². The second-order valence-corrected chi connectivity index (χ2v) is 11.6. The van der Waals surface area contributed by atoms with Crippen molar-refractivity contribution in [1.82, 2.24) is 14.8 Å².